The van der Waals surface area contributed by atoms with Gasteiger partial charge in [0, 0.05) is 11.3 Å². The quantitative estimate of drug-likeness (QED) is 0.353. The Kier molecular flexibility index (Phi) is 8.65. The van der Waals surface area contributed by atoms with Crippen molar-refractivity contribution in [2.45, 2.75) is 26.8 Å². The van der Waals surface area contributed by atoms with E-state index in [0.29, 0.717) is 40.6 Å². The Morgan fingerprint density at radius 3 is 2.56 bits per heavy atom. The average Bonchev–Trinajstić information content (AvgIpc) is 3.31. The first-order chi connectivity index (χ1) is 18.8. The molecule has 0 unspecified atom stereocenters. The minimum atomic E-state index is -0.632. The highest BCUT2D eigenvalue weighted by atomic mass is 19.1. The molecular formula is C29H29FN2O7. The van der Waals surface area contributed by atoms with E-state index in [4.69, 9.17) is 18.9 Å². The van der Waals surface area contributed by atoms with Crippen LogP contribution >= 0.6 is 0 Å². The molecule has 1 fully saturated rings. The number of hydrogen-bond donors (Lipinski definition) is 1. The number of nitrogens with one attached hydrogen (secondary N) is 1. The predicted molar refractivity (Wildman–Crippen MR) is 141 cm³/mol. The van der Waals surface area contributed by atoms with Gasteiger partial charge in [-0.15, -0.1) is 0 Å². The lowest BCUT2D eigenvalue weighted by Crippen LogP contribution is -2.24. The van der Waals surface area contributed by atoms with Crippen molar-refractivity contribution >= 4 is 23.7 Å². The number of methoxy groups -OCH3 is 1. The topological polar surface area (TPSA) is 103 Å². The smallest absolute Gasteiger partial charge is 0.410 e. The highest BCUT2D eigenvalue weighted by Gasteiger charge is 2.24. The molecule has 4 rings (SSSR count). The third-order valence-corrected chi connectivity index (χ3v) is 5.99. The number of ether oxygens (including phenoxy) is 4. The van der Waals surface area contributed by atoms with Crippen molar-refractivity contribution in [1.82, 2.24) is 4.90 Å². The van der Waals surface area contributed by atoms with Gasteiger partial charge < -0.3 is 29.2 Å². The molecule has 1 aliphatic rings. The number of carbonyl (C=O) groups is 3. The van der Waals surface area contributed by atoms with Crippen molar-refractivity contribution in [1.29, 1.82) is 0 Å². The number of nitrogens with zero attached hydrogens (tertiary/aromatic N) is 1. The van der Waals surface area contributed by atoms with Crippen LogP contribution in [0.3, 0.4) is 0 Å². The number of hydrogen-bond acceptors (Lipinski definition) is 7. The third-order valence-electron chi connectivity index (χ3n) is 5.99. The zero-order valence-electron chi connectivity index (χ0n) is 21.9. The summed E-state index contributed by atoms with van der Waals surface area (Å²) >= 11 is 0. The van der Waals surface area contributed by atoms with Crippen LogP contribution in [-0.2, 0) is 27.2 Å². The molecular weight excluding hydrogens is 507 g/mol. The SMILES string of the molecule is CCOC(=O)Cc1ccc(OC)c(Oc2ccc(NC(=O)c3cc(C)ccc3F)cc2CN2CCOC2=O)c1. The second-order valence-electron chi connectivity index (χ2n) is 8.86. The maximum absolute atomic E-state index is 14.3. The molecule has 0 bridgehead atoms. The molecule has 1 N–H and O–H groups in total. The summed E-state index contributed by atoms with van der Waals surface area (Å²) in [4.78, 5) is 38.4. The van der Waals surface area contributed by atoms with E-state index in [1.165, 1.54) is 24.1 Å². The number of amides is 2. The molecule has 0 aromatic heterocycles. The maximum Gasteiger partial charge on any atom is 0.410 e. The van der Waals surface area contributed by atoms with E-state index in [1.807, 2.05) is 0 Å². The van der Waals surface area contributed by atoms with Crippen LogP contribution in [-0.4, -0.2) is 49.7 Å². The Morgan fingerprint density at radius 2 is 1.85 bits per heavy atom. The van der Waals surface area contributed by atoms with Crippen molar-refractivity contribution < 1.29 is 37.7 Å². The van der Waals surface area contributed by atoms with Crippen LogP contribution in [0, 0.1) is 12.7 Å². The van der Waals surface area contributed by atoms with Crippen molar-refractivity contribution in [2.75, 3.05) is 32.2 Å². The number of carbonyl (C=O) groups excluding carboxylic acids is 3. The van der Waals surface area contributed by atoms with Gasteiger partial charge in [-0.25, -0.2) is 9.18 Å². The van der Waals surface area contributed by atoms with Crippen molar-refractivity contribution in [3.05, 3.63) is 82.7 Å². The highest BCUT2D eigenvalue weighted by Crippen LogP contribution is 2.36. The summed E-state index contributed by atoms with van der Waals surface area (Å²) in [5.41, 5.74) is 2.28. The van der Waals surface area contributed by atoms with E-state index in [1.54, 1.807) is 56.3 Å². The van der Waals surface area contributed by atoms with E-state index >= 15 is 0 Å². The Morgan fingerprint density at radius 1 is 1.05 bits per heavy atom. The van der Waals surface area contributed by atoms with Gasteiger partial charge >= 0.3 is 12.1 Å². The summed E-state index contributed by atoms with van der Waals surface area (Å²) in [5.74, 6) is -0.435. The molecule has 10 heteroatoms. The van der Waals surface area contributed by atoms with Gasteiger partial charge in [-0.3, -0.25) is 9.59 Å². The van der Waals surface area contributed by atoms with Gasteiger partial charge in [0.2, 0.25) is 0 Å². The number of cyclic esters (lactones) is 1. The fourth-order valence-corrected chi connectivity index (χ4v) is 4.07. The van der Waals surface area contributed by atoms with Gasteiger partial charge in [0.1, 0.15) is 18.2 Å². The Bertz CT molecular complexity index is 1390. The van der Waals surface area contributed by atoms with Gasteiger partial charge in [0.15, 0.2) is 11.5 Å². The van der Waals surface area contributed by atoms with Gasteiger partial charge in [-0.05, 0) is 61.9 Å². The summed E-state index contributed by atoms with van der Waals surface area (Å²) in [7, 11) is 1.50. The van der Waals surface area contributed by atoms with Gasteiger partial charge in [0.25, 0.3) is 5.91 Å². The second kappa shape index (κ2) is 12.3. The van der Waals surface area contributed by atoms with Crippen LogP contribution in [0.15, 0.2) is 54.6 Å². The average molecular weight is 537 g/mol. The first kappa shape index (κ1) is 27.4. The first-order valence-corrected chi connectivity index (χ1v) is 12.4. The summed E-state index contributed by atoms with van der Waals surface area (Å²) in [6, 6.07) is 14.3. The number of aryl methyl sites for hydroxylation is 1. The zero-order valence-corrected chi connectivity index (χ0v) is 21.9. The Hall–Kier alpha value is -4.60. The number of rotatable bonds is 10. The summed E-state index contributed by atoms with van der Waals surface area (Å²) in [6.07, 6.45) is -0.410. The highest BCUT2D eigenvalue weighted by molar-refractivity contribution is 6.04. The van der Waals surface area contributed by atoms with Crippen LogP contribution in [0.5, 0.6) is 17.2 Å². The van der Waals surface area contributed by atoms with E-state index in [-0.39, 0.29) is 37.7 Å². The fourth-order valence-electron chi connectivity index (χ4n) is 4.07. The van der Waals surface area contributed by atoms with Crippen LogP contribution in [0.1, 0.15) is 34.0 Å². The fraction of sp³-hybridized carbons (Fsp3) is 0.276. The van der Waals surface area contributed by atoms with Crippen LogP contribution in [0.4, 0.5) is 14.9 Å². The number of halogens is 1. The second-order valence-corrected chi connectivity index (χ2v) is 8.86. The molecule has 3 aromatic rings. The lowest BCUT2D eigenvalue weighted by Gasteiger charge is -2.19. The van der Waals surface area contributed by atoms with Crippen LogP contribution in [0.2, 0.25) is 0 Å². The molecule has 0 saturated carbocycles. The molecule has 39 heavy (non-hydrogen) atoms. The summed E-state index contributed by atoms with van der Waals surface area (Å²) in [6.45, 7) is 4.58. The summed E-state index contributed by atoms with van der Waals surface area (Å²) < 4.78 is 36.0. The van der Waals surface area contributed by atoms with Crippen molar-refractivity contribution in [3.8, 4) is 17.2 Å². The number of benzene rings is 3. The van der Waals surface area contributed by atoms with Gasteiger partial charge in [0.05, 0.1) is 38.8 Å². The largest absolute Gasteiger partial charge is 0.493 e. The zero-order chi connectivity index (χ0) is 27.9. The molecule has 2 amide bonds. The lowest BCUT2D eigenvalue weighted by atomic mass is 10.1. The normalized spacial score (nSPS) is 12.6. The standard InChI is InChI=1S/C29H29FN2O7/c1-4-37-27(33)15-19-6-9-25(36-3)26(14-19)39-24-10-7-21(16-20(24)17-32-11-12-38-29(32)35)31-28(34)22-13-18(2)5-8-23(22)30/h5-10,13-14,16H,4,11-12,15,17H2,1-3H3,(H,31,34). The van der Waals surface area contributed by atoms with E-state index in [2.05, 4.69) is 5.32 Å². The molecule has 0 atom stereocenters. The monoisotopic (exact) mass is 536 g/mol. The predicted octanol–water partition coefficient (Wildman–Crippen LogP) is 5.25. The molecule has 9 nitrogen and oxygen atoms in total. The van der Waals surface area contributed by atoms with Crippen LogP contribution in [0.25, 0.3) is 0 Å². The number of anilines is 1. The molecule has 1 heterocycles. The minimum Gasteiger partial charge on any atom is -0.493 e. The van der Waals surface area contributed by atoms with Crippen LogP contribution < -0.4 is 14.8 Å². The molecule has 0 aliphatic carbocycles. The molecule has 3 aromatic carbocycles. The summed E-state index contributed by atoms with van der Waals surface area (Å²) in [5, 5.41) is 2.71. The molecule has 1 aliphatic heterocycles. The van der Waals surface area contributed by atoms with E-state index < -0.39 is 17.8 Å². The van der Waals surface area contributed by atoms with E-state index in [0.717, 1.165) is 5.56 Å². The molecule has 0 spiro atoms. The lowest BCUT2D eigenvalue weighted by molar-refractivity contribution is -0.142. The first-order valence-electron chi connectivity index (χ1n) is 12.4. The van der Waals surface area contributed by atoms with Gasteiger partial charge in [-0.2, -0.15) is 0 Å². The molecule has 0 radical (unpaired) electrons. The van der Waals surface area contributed by atoms with E-state index in [9.17, 15) is 18.8 Å². The molecule has 204 valence electrons. The Labute approximate surface area is 225 Å². The Balaban J connectivity index is 1.64. The third kappa shape index (κ3) is 6.84. The molecule has 1 saturated heterocycles. The van der Waals surface area contributed by atoms with Crippen molar-refractivity contribution in [2.24, 2.45) is 0 Å². The van der Waals surface area contributed by atoms with Gasteiger partial charge in [-0.1, -0.05) is 17.7 Å². The maximum atomic E-state index is 14.3. The number of esters is 1. The van der Waals surface area contributed by atoms with Crippen molar-refractivity contribution in [3.63, 3.8) is 0 Å². The minimum absolute atomic E-state index is 0.0567.